The fourth-order valence-corrected chi connectivity index (χ4v) is 1.96. The second-order valence-electron chi connectivity index (χ2n) is 4.59. The van der Waals surface area contributed by atoms with E-state index in [1.807, 2.05) is 0 Å². The zero-order valence-electron chi connectivity index (χ0n) is 12.0. The lowest BCUT2D eigenvalue weighted by Crippen LogP contribution is -2.35. The number of ether oxygens (including phenoxy) is 1. The molecule has 3 N–H and O–H groups in total. The molecule has 1 rings (SSSR count). The fraction of sp³-hybridized carbons (Fsp3) is 0.429. The van der Waals surface area contributed by atoms with Crippen molar-refractivity contribution in [2.24, 2.45) is 0 Å². The molecule has 1 unspecified atom stereocenters. The van der Waals surface area contributed by atoms with Crippen molar-refractivity contribution in [2.45, 2.75) is 25.8 Å². The third-order valence-corrected chi connectivity index (χ3v) is 2.95. The van der Waals surface area contributed by atoms with E-state index in [1.54, 1.807) is 32.2 Å². The van der Waals surface area contributed by atoms with E-state index in [1.165, 1.54) is 0 Å². The van der Waals surface area contributed by atoms with Gasteiger partial charge in [-0.3, -0.25) is 9.59 Å². The van der Waals surface area contributed by atoms with Crippen molar-refractivity contribution in [3.05, 3.63) is 23.2 Å². The van der Waals surface area contributed by atoms with Crippen LogP contribution in [0.2, 0.25) is 5.02 Å². The van der Waals surface area contributed by atoms with Gasteiger partial charge >= 0.3 is 5.97 Å². The van der Waals surface area contributed by atoms with Crippen molar-refractivity contribution in [3.63, 3.8) is 0 Å². The van der Waals surface area contributed by atoms with Crippen molar-refractivity contribution in [1.82, 2.24) is 5.32 Å². The Bertz CT molecular complexity index is 508. The molecule has 1 aromatic rings. The van der Waals surface area contributed by atoms with Crippen LogP contribution in [0.3, 0.4) is 0 Å². The van der Waals surface area contributed by atoms with Crippen LogP contribution < -0.4 is 15.4 Å². The summed E-state index contributed by atoms with van der Waals surface area (Å²) in [5.74, 6) is -0.513. The van der Waals surface area contributed by atoms with Crippen molar-refractivity contribution in [2.75, 3.05) is 19.0 Å². The van der Waals surface area contributed by atoms with E-state index < -0.39 is 12.0 Å². The zero-order valence-corrected chi connectivity index (χ0v) is 12.7. The third-order valence-electron chi connectivity index (χ3n) is 2.72. The Labute approximate surface area is 128 Å². The number of carbonyl (C=O) groups is 2. The Balaban J connectivity index is 2.41. The second-order valence-corrected chi connectivity index (χ2v) is 5.02. The zero-order chi connectivity index (χ0) is 15.8. The number of nitrogens with one attached hydrogen (secondary N) is 2. The van der Waals surface area contributed by atoms with E-state index in [4.69, 9.17) is 21.4 Å². The number of methoxy groups -OCH3 is 1. The molecule has 0 fully saturated rings. The summed E-state index contributed by atoms with van der Waals surface area (Å²) in [6.07, 6.45) is 0.126. The van der Waals surface area contributed by atoms with Crippen LogP contribution >= 0.6 is 11.6 Å². The molecule has 0 aliphatic rings. The van der Waals surface area contributed by atoms with E-state index in [9.17, 15) is 9.59 Å². The molecule has 7 heteroatoms. The predicted molar refractivity (Wildman–Crippen MR) is 81.0 cm³/mol. The average molecular weight is 315 g/mol. The number of halogens is 1. The summed E-state index contributed by atoms with van der Waals surface area (Å²) in [5, 5.41) is 14.9. The van der Waals surface area contributed by atoms with Gasteiger partial charge in [-0.1, -0.05) is 11.6 Å². The number of amides is 1. The molecule has 0 saturated heterocycles. The Morgan fingerprint density at radius 2 is 2.14 bits per heavy atom. The molecule has 21 heavy (non-hydrogen) atoms. The molecular weight excluding hydrogens is 296 g/mol. The van der Waals surface area contributed by atoms with E-state index in [2.05, 4.69) is 10.6 Å². The summed E-state index contributed by atoms with van der Waals surface area (Å²) in [6, 6.07) is 4.77. The van der Waals surface area contributed by atoms with Crippen molar-refractivity contribution in [3.8, 4) is 5.75 Å². The highest BCUT2D eigenvalue weighted by atomic mass is 35.5. The van der Waals surface area contributed by atoms with Gasteiger partial charge in [-0.15, -0.1) is 0 Å². The number of hydrogen-bond acceptors (Lipinski definition) is 4. The number of benzene rings is 1. The Hall–Kier alpha value is -1.95. The molecule has 0 aromatic heterocycles. The van der Waals surface area contributed by atoms with Gasteiger partial charge in [0, 0.05) is 24.0 Å². The molecule has 6 nitrogen and oxygen atoms in total. The smallest absolute Gasteiger partial charge is 0.305 e. The number of carboxylic acids is 1. The minimum absolute atomic E-state index is 0.0959. The van der Waals surface area contributed by atoms with Gasteiger partial charge in [0.05, 0.1) is 19.2 Å². The number of hydrogen-bond donors (Lipinski definition) is 3. The molecule has 0 heterocycles. The van der Waals surface area contributed by atoms with E-state index in [-0.39, 0.29) is 18.7 Å². The average Bonchev–Trinajstić information content (AvgIpc) is 2.37. The Morgan fingerprint density at radius 1 is 1.43 bits per heavy atom. The normalized spacial score (nSPS) is 11.6. The quantitative estimate of drug-likeness (QED) is 0.684. The molecule has 1 aromatic carbocycles. The second kappa shape index (κ2) is 8.36. The van der Waals surface area contributed by atoms with Gasteiger partial charge in [0.2, 0.25) is 5.91 Å². The molecular formula is C14H19ClN2O4. The highest BCUT2D eigenvalue weighted by Crippen LogP contribution is 2.27. The van der Waals surface area contributed by atoms with Gasteiger partial charge < -0.3 is 20.5 Å². The Kier molecular flexibility index (Phi) is 6.81. The lowest BCUT2D eigenvalue weighted by atomic mass is 10.2. The number of aliphatic carboxylic acids is 1. The standard InChI is InChI=1S/C14H19ClN2O4/c1-9(7-14(19)20)17-13(18)5-6-16-11-8-10(15)3-4-12(11)21-2/h3-4,8-9,16H,5-7H2,1-2H3,(H,17,18)(H,19,20). The van der Waals surface area contributed by atoms with Crippen molar-refractivity contribution in [1.29, 1.82) is 0 Å². The Morgan fingerprint density at radius 3 is 2.76 bits per heavy atom. The highest BCUT2D eigenvalue weighted by molar-refractivity contribution is 6.30. The molecule has 0 spiro atoms. The first-order chi connectivity index (χ1) is 9.92. The van der Waals surface area contributed by atoms with Gasteiger partial charge in [-0.05, 0) is 25.1 Å². The van der Waals surface area contributed by atoms with Crippen molar-refractivity contribution >= 4 is 29.2 Å². The lowest BCUT2D eigenvalue weighted by Gasteiger charge is -2.13. The fourth-order valence-electron chi connectivity index (χ4n) is 1.79. The van der Waals surface area contributed by atoms with Gasteiger partial charge in [0.1, 0.15) is 5.75 Å². The summed E-state index contributed by atoms with van der Waals surface area (Å²) in [7, 11) is 1.55. The predicted octanol–water partition coefficient (Wildman–Crippen LogP) is 2.13. The van der Waals surface area contributed by atoms with Gasteiger partial charge in [0.25, 0.3) is 0 Å². The van der Waals surface area contributed by atoms with Crippen LogP contribution in [0.1, 0.15) is 19.8 Å². The van der Waals surface area contributed by atoms with Crippen LogP contribution in [0.15, 0.2) is 18.2 Å². The van der Waals surface area contributed by atoms with Crippen molar-refractivity contribution < 1.29 is 19.4 Å². The van der Waals surface area contributed by atoms with Crippen LogP contribution in [-0.2, 0) is 9.59 Å². The third kappa shape index (κ3) is 6.35. The first kappa shape index (κ1) is 17.1. The first-order valence-electron chi connectivity index (χ1n) is 6.51. The summed E-state index contributed by atoms with van der Waals surface area (Å²) in [6.45, 7) is 2.04. The largest absolute Gasteiger partial charge is 0.495 e. The maximum atomic E-state index is 11.6. The number of carboxylic acid groups (broad SMARTS) is 1. The molecule has 0 aliphatic carbocycles. The highest BCUT2D eigenvalue weighted by Gasteiger charge is 2.11. The maximum absolute atomic E-state index is 11.6. The molecule has 0 saturated carbocycles. The molecule has 0 aliphatic heterocycles. The molecule has 1 amide bonds. The minimum Gasteiger partial charge on any atom is -0.495 e. The summed E-state index contributed by atoms with van der Waals surface area (Å²) < 4.78 is 5.18. The molecule has 0 radical (unpaired) electrons. The topological polar surface area (TPSA) is 87.7 Å². The lowest BCUT2D eigenvalue weighted by molar-refractivity contribution is -0.137. The maximum Gasteiger partial charge on any atom is 0.305 e. The number of anilines is 1. The van der Waals surface area contributed by atoms with E-state index >= 15 is 0 Å². The van der Waals surface area contributed by atoms with Gasteiger partial charge in [-0.25, -0.2) is 0 Å². The monoisotopic (exact) mass is 314 g/mol. The van der Waals surface area contributed by atoms with Crippen LogP contribution in [0.4, 0.5) is 5.69 Å². The van der Waals surface area contributed by atoms with E-state index in [0.717, 1.165) is 0 Å². The first-order valence-corrected chi connectivity index (χ1v) is 6.88. The molecule has 0 bridgehead atoms. The number of rotatable bonds is 8. The summed E-state index contributed by atoms with van der Waals surface area (Å²) >= 11 is 5.90. The molecule has 1 atom stereocenters. The van der Waals surface area contributed by atoms with Gasteiger partial charge in [-0.2, -0.15) is 0 Å². The minimum atomic E-state index is -0.940. The molecule has 116 valence electrons. The van der Waals surface area contributed by atoms with Crippen LogP contribution in [0, 0.1) is 0 Å². The van der Waals surface area contributed by atoms with E-state index in [0.29, 0.717) is 23.0 Å². The number of carbonyl (C=O) groups excluding carboxylic acids is 1. The summed E-state index contributed by atoms with van der Waals surface area (Å²) in [4.78, 5) is 22.1. The van der Waals surface area contributed by atoms with Gasteiger partial charge in [0.15, 0.2) is 0 Å². The van der Waals surface area contributed by atoms with Crippen LogP contribution in [-0.4, -0.2) is 36.7 Å². The SMILES string of the molecule is COc1ccc(Cl)cc1NCCC(=O)NC(C)CC(=O)O. The van der Waals surface area contributed by atoms with Crippen LogP contribution in [0.25, 0.3) is 0 Å². The van der Waals surface area contributed by atoms with Crippen LogP contribution in [0.5, 0.6) is 5.75 Å². The summed E-state index contributed by atoms with van der Waals surface area (Å²) in [5.41, 5.74) is 0.705.